The number of fused-ring (bicyclic) bond motifs is 2. The molecule has 0 unspecified atom stereocenters. The first-order valence-corrected chi connectivity index (χ1v) is 17.6. The van der Waals surface area contributed by atoms with Gasteiger partial charge in [-0.1, -0.05) is 19.1 Å². The zero-order chi connectivity index (χ0) is 39.4. The van der Waals surface area contributed by atoms with Crippen LogP contribution in [-0.2, 0) is 26.1 Å². The molecule has 0 aliphatic heterocycles. The van der Waals surface area contributed by atoms with Crippen molar-refractivity contribution in [3.05, 3.63) is 88.4 Å². The van der Waals surface area contributed by atoms with Gasteiger partial charge in [-0.3, -0.25) is 34.5 Å². The van der Waals surface area contributed by atoms with Crippen LogP contribution in [0.3, 0.4) is 0 Å². The van der Waals surface area contributed by atoms with Crippen LogP contribution in [0.5, 0.6) is 5.75 Å². The molecule has 0 saturated carbocycles. The number of allylic oxidation sites excluding steroid dienone is 2. The highest BCUT2D eigenvalue weighted by atomic mass is 16.5. The zero-order valence-electron chi connectivity index (χ0n) is 30.8. The number of imidazole rings is 2. The van der Waals surface area contributed by atoms with Crippen molar-refractivity contribution in [3.8, 4) is 5.75 Å². The number of rotatable bonds is 16. The summed E-state index contributed by atoms with van der Waals surface area (Å²) in [6.45, 7) is 8.04. The number of aliphatic hydroxyl groups excluding tert-OH is 1. The second-order valence-corrected chi connectivity index (χ2v) is 12.5. The third kappa shape index (κ3) is 7.93. The summed E-state index contributed by atoms with van der Waals surface area (Å²) in [6, 6.07) is 9.51. The topological polar surface area (TPSA) is 253 Å². The Kier molecular flexibility index (Phi) is 11.1. The average molecular weight is 752 g/mol. The van der Waals surface area contributed by atoms with E-state index in [-0.39, 0.29) is 60.8 Å². The Bertz CT molecular complexity index is 2470. The Balaban J connectivity index is 1.38. The number of aromatic nitrogens is 7. The third-order valence-corrected chi connectivity index (χ3v) is 8.66. The fourth-order valence-corrected chi connectivity index (χ4v) is 6.11. The standard InChI is InChI=1S/C37H41N11O7/c1-5-24-31(55-21(4)40-24)35(53)44-37-42-26-18-23(33(39)51)19-29(54-15-9-14-49)30(26)47(37)13-8-7-12-46-27-11-10-22(32(38)50)17-25(27)41-36(46)43-34(52)28-16-20(3)45-48(28)6-2/h7-8,10-11,16-19,49H,5-6,9,12-15H2,1-4H3,(H2,38,50)(H2,39,51)(H,41,43,52)(H,42,44,53)/b8-7+. The number of nitrogens with one attached hydrogen (secondary N) is 2. The summed E-state index contributed by atoms with van der Waals surface area (Å²) in [6.07, 6.45) is 4.43. The van der Waals surface area contributed by atoms with Crippen LogP contribution in [0.15, 0.2) is 53.0 Å². The van der Waals surface area contributed by atoms with Crippen LogP contribution in [0.25, 0.3) is 22.1 Å². The Hall–Kier alpha value is -6.82. The Labute approximate surface area is 314 Å². The summed E-state index contributed by atoms with van der Waals surface area (Å²) in [5.41, 5.74) is 14.9. The Morgan fingerprint density at radius 3 is 2.24 bits per heavy atom. The minimum atomic E-state index is -0.702. The van der Waals surface area contributed by atoms with Gasteiger partial charge >= 0.3 is 0 Å². The first-order chi connectivity index (χ1) is 26.4. The van der Waals surface area contributed by atoms with Crippen molar-refractivity contribution in [2.75, 3.05) is 23.8 Å². The lowest BCUT2D eigenvalue weighted by molar-refractivity contribution is 0.0987. The maximum Gasteiger partial charge on any atom is 0.295 e. The molecule has 0 bridgehead atoms. The predicted octanol–water partition coefficient (Wildman–Crippen LogP) is 3.49. The maximum atomic E-state index is 13.5. The van der Waals surface area contributed by atoms with E-state index in [9.17, 15) is 24.3 Å². The predicted molar refractivity (Wildman–Crippen MR) is 202 cm³/mol. The number of amides is 4. The summed E-state index contributed by atoms with van der Waals surface area (Å²) < 4.78 is 16.7. The zero-order valence-corrected chi connectivity index (χ0v) is 30.8. The molecule has 0 radical (unpaired) electrons. The van der Waals surface area contributed by atoms with Gasteiger partial charge in [-0.05, 0) is 56.7 Å². The minimum absolute atomic E-state index is 0.0459. The number of ether oxygens (including phenoxy) is 1. The number of hydrogen-bond donors (Lipinski definition) is 5. The smallest absolute Gasteiger partial charge is 0.295 e. The van der Waals surface area contributed by atoms with E-state index < -0.39 is 23.6 Å². The second-order valence-electron chi connectivity index (χ2n) is 12.5. The highest BCUT2D eigenvalue weighted by Gasteiger charge is 2.24. The molecular formula is C37H41N11O7. The van der Waals surface area contributed by atoms with E-state index in [0.717, 1.165) is 0 Å². The number of nitrogens with zero attached hydrogens (tertiary/aromatic N) is 7. The van der Waals surface area contributed by atoms with Crippen molar-refractivity contribution >= 4 is 57.6 Å². The molecule has 6 aromatic rings. The van der Waals surface area contributed by atoms with Gasteiger partial charge in [-0.25, -0.2) is 15.0 Å². The van der Waals surface area contributed by atoms with Gasteiger partial charge in [0.05, 0.1) is 34.5 Å². The monoisotopic (exact) mass is 751 g/mol. The molecular weight excluding hydrogens is 710 g/mol. The third-order valence-electron chi connectivity index (χ3n) is 8.66. The number of benzene rings is 2. The van der Waals surface area contributed by atoms with Crippen LogP contribution in [0.4, 0.5) is 11.9 Å². The summed E-state index contributed by atoms with van der Waals surface area (Å²) in [5, 5.41) is 19.5. The van der Waals surface area contributed by atoms with E-state index in [1.165, 1.54) is 12.1 Å². The molecule has 0 atom stereocenters. The molecule has 0 fully saturated rings. The summed E-state index contributed by atoms with van der Waals surface area (Å²) in [4.78, 5) is 64.8. The summed E-state index contributed by atoms with van der Waals surface area (Å²) >= 11 is 0. The van der Waals surface area contributed by atoms with E-state index in [0.29, 0.717) is 64.4 Å². The normalized spacial score (nSPS) is 11.5. The molecule has 0 aliphatic rings. The number of oxazole rings is 1. The van der Waals surface area contributed by atoms with E-state index in [4.69, 9.17) is 20.6 Å². The maximum absolute atomic E-state index is 13.5. The first kappa shape index (κ1) is 37.9. The molecule has 4 aromatic heterocycles. The lowest BCUT2D eigenvalue weighted by atomic mass is 10.1. The van der Waals surface area contributed by atoms with E-state index in [1.54, 1.807) is 51.9 Å². The molecule has 2 aromatic carbocycles. The number of aliphatic hydroxyl groups is 1. The molecule has 286 valence electrons. The largest absolute Gasteiger partial charge is 0.491 e. The number of carbonyl (C=O) groups excluding carboxylic acids is 4. The molecule has 7 N–H and O–H groups in total. The fraction of sp³-hybridized carbons (Fsp3) is 0.297. The summed E-state index contributed by atoms with van der Waals surface area (Å²) in [7, 11) is 0. The highest BCUT2D eigenvalue weighted by molar-refractivity contribution is 6.05. The van der Waals surface area contributed by atoms with Crippen molar-refractivity contribution in [1.82, 2.24) is 33.9 Å². The number of primary amides is 2. The van der Waals surface area contributed by atoms with Crippen LogP contribution in [-0.4, -0.2) is 75.8 Å². The molecule has 0 spiro atoms. The van der Waals surface area contributed by atoms with Gasteiger partial charge in [0.15, 0.2) is 5.89 Å². The minimum Gasteiger partial charge on any atom is -0.491 e. The quantitative estimate of drug-likeness (QED) is 0.0707. The Morgan fingerprint density at radius 2 is 1.55 bits per heavy atom. The van der Waals surface area contributed by atoms with Gasteiger partial charge in [0.25, 0.3) is 11.8 Å². The number of aryl methyl sites for hydroxylation is 4. The van der Waals surface area contributed by atoms with Crippen molar-refractivity contribution < 1.29 is 33.4 Å². The molecule has 0 saturated heterocycles. The van der Waals surface area contributed by atoms with Gasteiger partial charge in [-0.2, -0.15) is 5.10 Å². The van der Waals surface area contributed by atoms with Crippen LogP contribution in [0, 0.1) is 13.8 Å². The van der Waals surface area contributed by atoms with Crippen LogP contribution in [0.1, 0.15) is 79.3 Å². The molecule has 4 amide bonds. The van der Waals surface area contributed by atoms with Gasteiger partial charge < -0.3 is 34.9 Å². The van der Waals surface area contributed by atoms with Crippen molar-refractivity contribution in [2.45, 2.75) is 60.2 Å². The van der Waals surface area contributed by atoms with Crippen LogP contribution < -0.4 is 26.8 Å². The Morgan fingerprint density at radius 1 is 0.873 bits per heavy atom. The van der Waals surface area contributed by atoms with E-state index in [2.05, 4.69) is 30.7 Å². The van der Waals surface area contributed by atoms with Crippen molar-refractivity contribution in [1.29, 1.82) is 0 Å². The SMILES string of the molecule is CCc1nc(C)oc1C(=O)Nc1nc2cc(C(N)=O)cc(OCCCO)c2n1C/C=C/Cn1c(NC(=O)c2cc(C)nn2CC)nc2cc(C(N)=O)ccc21. The number of anilines is 2. The lowest BCUT2D eigenvalue weighted by Crippen LogP contribution is -2.19. The van der Waals surface area contributed by atoms with Gasteiger partial charge in [0.1, 0.15) is 17.0 Å². The van der Waals surface area contributed by atoms with E-state index >= 15 is 0 Å². The second kappa shape index (κ2) is 16.0. The van der Waals surface area contributed by atoms with Crippen molar-refractivity contribution in [3.63, 3.8) is 0 Å². The first-order valence-electron chi connectivity index (χ1n) is 17.6. The lowest BCUT2D eigenvalue weighted by Gasteiger charge is -2.12. The molecule has 18 heteroatoms. The van der Waals surface area contributed by atoms with Crippen LogP contribution in [0.2, 0.25) is 0 Å². The average Bonchev–Trinajstić information content (AvgIpc) is 3.92. The van der Waals surface area contributed by atoms with Gasteiger partial charge in [0.2, 0.25) is 29.5 Å². The van der Waals surface area contributed by atoms with Gasteiger partial charge in [-0.15, -0.1) is 0 Å². The number of hydrogen-bond acceptors (Lipinski definition) is 11. The number of nitrogens with two attached hydrogens (primary N) is 2. The fourth-order valence-electron chi connectivity index (χ4n) is 6.11. The molecule has 4 heterocycles. The summed E-state index contributed by atoms with van der Waals surface area (Å²) in [5.74, 6) is -1.31. The van der Waals surface area contributed by atoms with E-state index in [1.807, 2.05) is 26.0 Å². The highest BCUT2D eigenvalue weighted by Crippen LogP contribution is 2.32. The molecule has 18 nitrogen and oxygen atoms in total. The molecule has 0 aliphatic carbocycles. The van der Waals surface area contributed by atoms with Gasteiger partial charge in [0, 0.05) is 50.7 Å². The van der Waals surface area contributed by atoms with Crippen molar-refractivity contribution in [2.24, 2.45) is 11.5 Å². The number of carbonyl (C=O) groups is 4. The molecule has 6 rings (SSSR count). The molecule has 55 heavy (non-hydrogen) atoms. The van der Waals surface area contributed by atoms with Crippen LogP contribution >= 0.6 is 0 Å².